The molecule has 4 rings (SSSR count). The van der Waals surface area contributed by atoms with Crippen molar-refractivity contribution in [1.82, 2.24) is 0 Å². The summed E-state index contributed by atoms with van der Waals surface area (Å²) in [5, 5.41) is 0. The van der Waals surface area contributed by atoms with Crippen LogP contribution in [0.1, 0.15) is 36.1 Å². The summed E-state index contributed by atoms with van der Waals surface area (Å²) in [7, 11) is -8.18. The summed E-state index contributed by atoms with van der Waals surface area (Å²) in [6, 6.07) is 26.4. The molecule has 41 heavy (non-hydrogen) atoms. The number of hydrogen-bond acceptors (Lipinski definition) is 8. The van der Waals surface area contributed by atoms with Gasteiger partial charge in [-0.1, -0.05) is 0 Å². The van der Waals surface area contributed by atoms with Crippen molar-refractivity contribution in [1.29, 1.82) is 0 Å². The van der Waals surface area contributed by atoms with Crippen molar-refractivity contribution in [2.45, 2.75) is 42.9 Å². The van der Waals surface area contributed by atoms with Crippen LogP contribution in [0.2, 0.25) is 0 Å². The van der Waals surface area contributed by atoms with E-state index in [9.17, 15) is 23.7 Å². The Bertz CT molecular complexity index is 1580. The van der Waals surface area contributed by atoms with Crippen LogP contribution in [-0.2, 0) is 30.7 Å². The van der Waals surface area contributed by atoms with Gasteiger partial charge in [0.2, 0.25) is 0 Å². The third-order valence-electron chi connectivity index (χ3n) is 6.41. The fraction of sp³-hybridized carbons (Fsp3) is 0.172. The molecule has 12 heteroatoms. The van der Waals surface area contributed by atoms with Crippen molar-refractivity contribution < 1.29 is 28.7 Å². The van der Waals surface area contributed by atoms with Crippen LogP contribution in [-0.4, -0.2) is 23.7 Å². The Hall–Kier alpha value is -1.92. The molecule has 2 N–H and O–H groups in total. The predicted octanol–water partition coefficient (Wildman–Crippen LogP) is 6.44. The molecule has 0 unspecified atom stereocenters. The molecular weight excluding hydrogens is 794 g/mol. The molecule has 0 bridgehead atoms. The van der Waals surface area contributed by atoms with Crippen molar-refractivity contribution in [3.05, 3.63) is 126 Å². The van der Waals surface area contributed by atoms with E-state index >= 15 is 0 Å². The number of aryl methyl sites for hydroxylation is 2. The third-order valence-corrected chi connectivity index (χ3v) is 17.1. The molecule has 0 radical (unpaired) electrons. The second kappa shape index (κ2) is 12.8. The van der Waals surface area contributed by atoms with Gasteiger partial charge in [-0.05, 0) is 0 Å². The average Bonchev–Trinajstić information content (AvgIpc) is 2.93. The first kappa shape index (κ1) is 32.0. The van der Waals surface area contributed by atoms with Crippen LogP contribution in [0.4, 0.5) is 0 Å². The van der Waals surface area contributed by atoms with E-state index in [1.807, 2.05) is 52.0 Å². The van der Waals surface area contributed by atoms with Crippen LogP contribution >= 0.6 is 41.3 Å². The molecule has 0 saturated carbocycles. The van der Waals surface area contributed by atoms with Gasteiger partial charge in [-0.25, -0.2) is 0 Å². The summed E-state index contributed by atoms with van der Waals surface area (Å²) in [4.78, 5) is -0.0141. The van der Waals surface area contributed by atoms with Gasteiger partial charge in [0.05, 0.1) is 0 Å². The molecule has 0 saturated heterocycles. The fourth-order valence-corrected chi connectivity index (χ4v) is 12.5. The average molecular weight is 824 g/mol. The van der Waals surface area contributed by atoms with E-state index in [-0.39, 0.29) is 9.79 Å². The predicted molar refractivity (Wildman–Crippen MR) is 174 cm³/mol. The van der Waals surface area contributed by atoms with E-state index in [1.54, 1.807) is 48.5 Å². The fourth-order valence-electron chi connectivity index (χ4n) is 3.83. The SMILES string of the molecule is Cc1ccc(S(=O)(=O)OI(O)c2ccc(C(C)(C)c3ccc(I(O)OS(=O)(=O)c4ccc(C)cc4)cc3)cc2)cc1. The zero-order valence-corrected chi connectivity index (χ0v) is 28.6. The second-order valence-corrected chi connectivity index (χ2v) is 20.1. The number of benzene rings is 4. The monoisotopic (exact) mass is 824 g/mol. The molecule has 0 heterocycles. The Kier molecular flexibility index (Phi) is 9.95. The molecule has 0 spiro atoms. The van der Waals surface area contributed by atoms with Gasteiger partial charge in [0.25, 0.3) is 0 Å². The van der Waals surface area contributed by atoms with Crippen molar-refractivity contribution in [3.8, 4) is 0 Å². The number of halogens is 2. The summed E-state index contributed by atoms with van der Waals surface area (Å²) < 4.78 is 82.7. The molecule has 4 aromatic carbocycles. The van der Waals surface area contributed by atoms with Gasteiger partial charge in [0.15, 0.2) is 0 Å². The van der Waals surface area contributed by atoms with E-state index < -0.39 is 66.9 Å². The van der Waals surface area contributed by atoms with Gasteiger partial charge in [0, 0.05) is 0 Å². The van der Waals surface area contributed by atoms with Crippen LogP contribution in [0.3, 0.4) is 0 Å². The minimum atomic E-state index is -4.09. The first-order valence-corrected chi connectivity index (χ1v) is 20.9. The van der Waals surface area contributed by atoms with Gasteiger partial charge < -0.3 is 0 Å². The quantitative estimate of drug-likeness (QED) is 0.175. The topological polar surface area (TPSA) is 127 Å². The molecule has 0 aromatic heterocycles. The second-order valence-electron chi connectivity index (χ2n) is 9.76. The van der Waals surface area contributed by atoms with E-state index in [2.05, 4.69) is 0 Å². The molecule has 0 aliphatic carbocycles. The molecule has 0 amide bonds. The zero-order chi connectivity index (χ0) is 30.0. The van der Waals surface area contributed by atoms with Crippen molar-refractivity contribution >= 4 is 61.5 Å². The van der Waals surface area contributed by atoms with Gasteiger partial charge in [-0.3, -0.25) is 0 Å². The van der Waals surface area contributed by atoms with E-state index in [0.29, 0.717) is 7.14 Å². The number of hydrogen-bond donors (Lipinski definition) is 2. The van der Waals surface area contributed by atoms with E-state index in [0.717, 1.165) is 22.3 Å². The summed E-state index contributed by atoms with van der Waals surface area (Å²) >= 11 is -6.90. The molecule has 4 aromatic rings. The Balaban J connectivity index is 1.45. The van der Waals surface area contributed by atoms with Gasteiger partial charge in [-0.2, -0.15) is 0 Å². The molecule has 8 nitrogen and oxygen atoms in total. The van der Waals surface area contributed by atoms with E-state index in [1.165, 1.54) is 24.3 Å². The normalized spacial score (nSPS) is 13.1. The van der Waals surface area contributed by atoms with Gasteiger partial charge in [0.1, 0.15) is 0 Å². The van der Waals surface area contributed by atoms with Crippen LogP contribution in [0.25, 0.3) is 0 Å². The van der Waals surface area contributed by atoms with Crippen LogP contribution in [0, 0.1) is 21.0 Å². The third kappa shape index (κ3) is 7.73. The minimum absolute atomic E-state index is 0.00706. The van der Waals surface area contributed by atoms with Crippen molar-refractivity contribution in [3.63, 3.8) is 0 Å². The summed E-state index contributed by atoms with van der Waals surface area (Å²) in [6.45, 7) is 7.69. The first-order valence-electron chi connectivity index (χ1n) is 12.2. The molecule has 0 aliphatic rings. The number of rotatable bonds is 10. The Morgan fingerprint density at radius 2 is 0.829 bits per heavy atom. The maximum absolute atomic E-state index is 12.6. The Morgan fingerprint density at radius 3 is 1.12 bits per heavy atom. The summed E-state index contributed by atoms with van der Waals surface area (Å²) in [5.41, 5.74) is 3.13. The van der Waals surface area contributed by atoms with E-state index in [4.69, 9.17) is 5.03 Å². The van der Waals surface area contributed by atoms with Crippen molar-refractivity contribution in [2.75, 3.05) is 0 Å². The zero-order valence-electron chi connectivity index (χ0n) is 22.7. The molecule has 0 atom stereocenters. The van der Waals surface area contributed by atoms with Crippen LogP contribution in [0.5, 0.6) is 0 Å². The van der Waals surface area contributed by atoms with Gasteiger partial charge >= 0.3 is 260 Å². The maximum atomic E-state index is 12.6. The molecule has 0 aliphatic heterocycles. The van der Waals surface area contributed by atoms with Crippen LogP contribution < -0.4 is 0 Å². The molecular formula is C29H30I2O8S2. The Morgan fingerprint density at radius 1 is 0.537 bits per heavy atom. The van der Waals surface area contributed by atoms with Crippen molar-refractivity contribution in [2.24, 2.45) is 0 Å². The van der Waals surface area contributed by atoms with Crippen LogP contribution in [0.15, 0.2) is 107 Å². The standard InChI is InChI=1S/C29H30I2O8S2/c1-21-5-17-27(18-6-21)40(34,35)38-30(32)25-13-9-23(10-14-25)29(3,4)24-11-15-26(16-12-24)31(33)39-41(36,37)28-19-7-22(2)8-20-28/h5-20,32-33H,1-4H3. The Labute approximate surface area is 257 Å². The summed E-state index contributed by atoms with van der Waals surface area (Å²) in [6.07, 6.45) is 0. The molecule has 0 fully saturated rings. The molecule has 220 valence electrons. The summed E-state index contributed by atoms with van der Waals surface area (Å²) in [5.74, 6) is 0. The van der Waals surface area contributed by atoms with Gasteiger partial charge in [-0.15, -0.1) is 0 Å². The first-order chi connectivity index (χ1) is 19.2.